The Bertz CT molecular complexity index is 1510. The lowest BCUT2D eigenvalue weighted by molar-refractivity contribution is -0.293. The Kier molecular flexibility index (Phi) is 12.7. The van der Waals surface area contributed by atoms with E-state index in [0.717, 1.165) is 16.8 Å². The number of likely N-dealkylation sites (N-methyl/N-ethyl adjacent to an activating group) is 1. The molecule has 0 aromatic heterocycles. The zero-order chi connectivity index (χ0) is 38.0. The van der Waals surface area contributed by atoms with Crippen LogP contribution in [0.15, 0.2) is 29.3 Å². The predicted octanol–water partition coefficient (Wildman–Crippen LogP) is 3.30. The van der Waals surface area contributed by atoms with Crippen molar-refractivity contribution in [2.45, 2.75) is 128 Å². The fourth-order valence-electron chi connectivity index (χ4n) is 8.97. The molecule has 0 unspecified atom stereocenters. The first-order valence-electron chi connectivity index (χ1n) is 18.7. The second-order valence-corrected chi connectivity index (χ2v) is 15.6. The number of rotatable bonds is 8. The van der Waals surface area contributed by atoms with Gasteiger partial charge in [0.15, 0.2) is 17.7 Å². The standard InChI is InChI=1S/C40H57N3O9/c1-10-27-12-14-28(15-13-27)20-43(9)30-18-23(3)50-38(34(30)46)52-36-25(5)33(45)26(6)37(47)51-31(11-2)40(8,49-22-44)35-24(4)32(41-16-17-42-35)29-19-39(36,7)48-21-29/h1,12-15,22-26,29-31,34-36,38,42,46H,11,16-21H2,2-9H3/t23-,24+,25+,26-,29+,30+,31-,34+,35-,36-,38+,39-,40-/m1/s1. The Labute approximate surface area is 308 Å². The van der Waals surface area contributed by atoms with Gasteiger partial charge in [-0.15, -0.1) is 6.42 Å². The van der Waals surface area contributed by atoms with Crippen LogP contribution in [0.25, 0.3) is 0 Å². The molecule has 0 radical (unpaired) electrons. The molecule has 52 heavy (non-hydrogen) atoms. The molecule has 13 atom stereocenters. The molecule has 1 aromatic carbocycles. The Balaban J connectivity index is 1.48. The highest BCUT2D eigenvalue weighted by atomic mass is 16.7. The maximum atomic E-state index is 14.3. The number of hydrogen-bond acceptors (Lipinski definition) is 12. The number of ether oxygens (including phenoxy) is 5. The normalized spacial score (nSPS) is 40.2. The van der Waals surface area contributed by atoms with Gasteiger partial charge in [-0.1, -0.05) is 38.8 Å². The van der Waals surface area contributed by atoms with E-state index in [1.54, 1.807) is 13.8 Å². The summed E-state index contributed by atoms with van der Waals surface area (Å²) in [5.41, 5.74) is 0.494. The van der Waals surface area contributed by atoms with Gasteiger partial charge in [0, 0.05) is 48.2 Å². The highest BCUT2D eigenvalue weighted by Crippen LogP contribution is 2.43. The van der Waals surface area contributed by atoms with Crippen molar-refractivity contribution in [1.82, 2.24) is 10.2 Å². The first-order valence-corrected chi connectivity index (χ1v) is 18.7. The van der Waals surface area contributed by atoms with E-state index in [1.165, 1.54) is 6.92 Å². The van der Waals surface area contributed by atoms with Crippen molar-refractivity contribution in [3.8, 4) is 12.3 Å². The molecule has 5 rings (SSSR count). The monoisotopic (exact) mass is 723 g/mol. The summed E-state index contributed by atoms with van der Waals surface area (Å²) in [4.78, 5) is 47.1. The van der Waals surface area contributed by atoms with Gasteiger partial charge in [-0.25, -0.2) is 0 Å². The number of fused-ring (bicyclic) bond motifs is 5. The molecule has 1 aromatic rings. The molecular formula is C40H57N3O9. The zero-order valence-corrected chi connectivity index (χ0v) is 31.9. The van der Waals surface area contributed by atoms with Gasteiger partial charge in [0.25, 0.3) is 6.47 Å². The number of Topliss-reactive ketones (excluding diaryl/α,β-unsaturated/α-hetero) is 1. The van der Waals surface area contributed by atoms with E-state index in [-0.39, 0.29) is 24.0 Å². The number of cyclic esters (lactones) is 1. The highest BCUT2D eigenvalue weighted by Gasteiger charge is 2.55. The lowest BCUT2D eigenvalue weighted by Gasteiger charge is -2.46. The molecule has 4 bridgehead atoms. The summed E-state index contributed by atoms with van der Waals surface area (Å²) >= 11 is 0. The van der Waals surface area contributed by atoms with E-state index in [2.05, 4.69) is 16.1 Å². The lowest BCUT2D eigenvalue weighted by Crippen LogP contribution is -2.62. The summed E-state index contributed by atoms with van der Waals surface area (Å²) in [6.07, 6.45) is 2.81. The average Bonchev–Trinajstić information content (AvgIpc) is 3.41. The number of ketones is 1. The molecule has 0 amide bonds. The molecule has 0 saturated carbocycles. The average molecular weight is 724 g/mol. The van der Waals surface area contributed by atoms with Crippen molar-refractivity contribution >= 4 is 23.9 Å². The van der Waals surface area contributed by atoms with Crippen LogP contribution in [-0.2, 0) is 44.6 Å². The number of hydrogen-bond donors (Lipinski definition) is 2. The third-order valence-electron chi connectivity index (χ3n) is 11.9. The molecule has 4 aliphatic heterocycles. The van der Waals surface area contributed by atoms with E-state index in [1.807, 2.05) is 59.0 Å². The molecule has 12 nitrogen and oxygen atoms in total. The number of terminal acetylenes is 1. The van der Waals surface area contributed by atoms with Crippen LogP contribution in [0.3, 0.4) is 0 Å². The second kappa shape index (κ2) is 16.5. The molecule has 286 valence electrons. The third-order valence-corrected chi connectivity index (χ3v) is 11.9. The summed E-state index contributed by atoms with van der Waals surface area (Å²) in [5, 5.41) is 15.4. The van der Waals surface area contributed by atoms with Crippen LogP contribution < -0.4 is 5.32 Å². The van der Waals surface area contributed by atoms with Crippen molar-refractivity contribution in [3.63, 3.8) is 0 Å². The number of aliphatic hydroxyl groups excluding tert-OH is 1. The van der Waals surface area contributed by atoms with Crippen LogP contribution in [0.1, 0.15) is 78.9 Å². The smallest absolute Gasteiger partial charge is 0.316 e. The molecule has 2 N–H and O–H groups in total. The predicted molar refractivity (Wildman–Crippen MR) is 194 cm³/mol. The minimum atomic E-state index is -1.25. The minimum absolute atomic E-state index is 0.130. The van der Waals surface area contributed by atoms with Gasteiger partial charge < -0.3 is 34.1 Å². The number of nitrogens with one attached hydrogen (secondary N) is 1. The summed E-state index contributed by atoms with van der Waals surface area (Å²) in [7, 11) is 1.95. The van der Waals surface area contributed by atoms with Gasteiger partial charge in [0.1, 0.15) is 18.1 Å². The van der Waals surface area contributed by atoms with Gasteiger partial charge >= 0.3 is 5.97 Å². The van der Waals surface area contributed by atoms with E-state index in [0.29, 0.717) is 52.0 Å². The van der Waals surface area contributed by atoms with Crippen molar-refractivity contribution in [3.05, 3.63) is 35.4 Å². The maximum absolute atomic E-state index is 14.3. The topological polar surface area (TPSA) is 145 Å². The summed E-state index contributed by atoms with van der Waals surface area (Å²) < 4.78 is 31.5. The molecule has 4 aliphatic rings. The number of carbonyl (C=O) groups is 3. The van der Waals surface area contributed by atoms with Crippen LogP contribution in [0.4, 0.5) is 0 Å². The van der Waals surface area contributed by atoms with Gasteiger partial charge in [-0.2, -0.15) is 0 Å². The zero-order valence-electron chi connectivity index (χ0n) is 31.9. The van der Waals surface area contributed by atoms with E-state index in [9.17, 15) is 19.5 Å². The fraction of sp³-hybridized carbons (Fsp3) is 0.700. The van der Waals surface area contributed by atoms with Crippen LogP contribution in [0, 0.1) is 36.0 Å². The first-order chi connectivity index (χ1) is 24.7. The van der Waals surface area contributed by atoms with Gasteiger partial charge in [0.05, 0.1) is 37.0 Å². The molecular weight excluding hydrogens is 666 g/mol. The number of carbonyl (C=O) groups excluding carboxylic acids is 3. The van der Waals surface area contributed by atoms with E-state index in [4.69, 9.17) is 35.1 Å². The van der Waals surface area contributed by atoms with Crippen molar-refractivity contribution in [2.24, 2.45) is 28.7 Å². The number of nitrogens with zero attached hydrogens (tertiary/aromatic N) is 2. The Morgan fingerprint density at radius 3 is 2.52 bits per heavy atom. The third kappa shape index (κ3) is 8.00. The molecule has 3 saturated heterocycles. The molecule has 3 fully saturated rings. The van der Waals surface area contributed by atoms with Crippen molar-refractivity contribution in [1.29, 1.82) is 0 Å². The molecule has 0 aliphatic carbocycles. The van der Waals surface area contributed by atoms with E-state index >= 15 is 0 Å². The Morgan fingerprint density at radius 1 is 1.15 bits per heavy atom. The van der Waals surface area contributed by atoms with E-state index < -0.39 is 65.4 Å². The Morgan fingerprint density at radius 2 is 1.87 bits per heavy atom. The Hall–Kier alpha value is -3.18. The largest absolute Gasteiger partial charge is 0.458 e. The van der Waals surface area contributed by atoms with Crippen LogP contribution in [0.2, 0.25) is 0 Å². The van der Waals surface area contributed by atoms with Gasteiger partial charge in [-0.3, -0.25) is 24.3 Å². The summed E-state index contributed by atoms with van der Waals surface area (Å²) in [6, 6.07) is 6.99. The lowest BCUT2D eigenvalue weighted by atomic mass is 9.74. The van der Waals surface area contributed by atoms with Crippen molar-refractivity contribution < 1.29 is 43.2 Å². The van der Waals surface area contributed by atoms with Crippen LogP contribution >= 0.6 is 0 Å². The number of aliphatic hydroxyl groups is 1. The van der Waals surface area contributed by atoms with Crippen LogP contribution in [-0.4, -0.2) is 115 Å². The summed E-state index contributed by atoms with van der Waals surface area (Å²) in [5.74, 6) is -0.838. The van der Waals surface area contributed by atoms with Gasteiger partial charge in [0.2, 0.25) is 0 Å². The highest BCUT2D eigenvalue weighted by molar-refractivity contribution is 6.00. The number of esters is 1. The van der Waals surface area contributed by atoms with Crippen LogP contribution in [0.5, 0.6) is 0 Å². The second-order valence-electron chi connectivity index (χ2n) is 15.6. The number of aliphatic imine (C=N–C) groups is 1. The number of benzene rings is 1. The summed E-state index contributed by atoms with van der Waals surface area (Å²) in [6.45, 7) is 15.1. The first kappa shape index (κ1) is 40.0. The minimum Gasteiger partial charge on any atom is -0.458 e. The van der Waals surface area contributed by atoms with Gasteiger partial charge in [-0.05, 0) is 71.7 Å². The SMILES string of the molecule is C#Cc1ccc(CN(C)[C@H]2C[C@@H](C)O[C@@H](O[C@@H]3[C@@H](C)C(=O)[C@@H](C)C(=O)O[C@H](CC)[C@@](C)(OC=O)[C@@H]4NCCN=C([C@@H]5CO[C@]3(C)C5)[C@@H]4C)[C@H]2O)cc1. The van der Waals surface area contributed by atoms with Crippen molar-refractivity contribution in [2.75, 3.05) is 26.7 Å². The fourth-order valence-corrected chi connectivity index (χ4v) is 8.97. The molecule has 0 spiro atoms. The maximum Gasteiger partial charge on any atom is 0.316 e. The molecule has 12 heteroatoms. The molecule has 4 heterocycles. The quantitative estimate of drug-likeness (QED) is 0.177.